The highest BCUT2D eigenvalue weighted by Gasteiger charge is 2.62. The quantitative estimate of drug-likeness (QED) is 0.570. The van der Waals surface area contributed by atoms with Gasteiger partial charge in [-0.05, 0) is 20.3 Å². The van der Waals surface area contributed by atoms with E-state index >= 15 is 0 Å². The second-order valence-electron chi connectivity index (χ2n) is 5.13. The van der Waals surface area contributed by atoms with E-state index in [0.717, 1.165) is 0 Å². The fourth-order valence-corrected chi connectivity index (χ4v) is 4.10. The Bertz CT molecular complexity index is 380. The summed E-state index contributed by atoms with van der Waals surface area (Å²) in [6.45, 7) is 6.84. The zero-order valence-corrected chi connectivity index (χ0v) is 10.9. The Balaban J connectivity index is 2.44. The van der Waals surface area contributed by atoms with Crippen LogP contribution in [0.2, 0.25) is 0 Å². The molecule has 0 amide bonds. The second-order valence-corrected chi connectivity index (χ2v) is 5.83. The van der Waals surface area contributed by atoms with Gasteiger partial charge in [-0.2, -0.15) is 0 Å². The van der Waals surface area contributed by atoms with Crippen LogP contribution in [0.15, 0.2) is 24.8 Å². The van der Waals surface area contributed by atoms with Crippen molar-refractivity contribution in [3.63, 3.8) is 0 Å². The minimum absolute atomic E-state index is 0.0291. The average Bonchev–Trinajstić information content (AvgIpc) is 2.67. The Morgan fingerprint density at radius 1 is 1.24 bits per heavy atom. The Labute approximate surface area is 107 Å². The van der Waals surface area contributed by atoms with E-state index in [-0.39, 0.29) is 35.2 Å². The van der Waals surface area contributed by atoms with Gasteiger partial charge in [0.25, 0.3) is 0 Å². The number of hydrogen-bond acceptors (Lipinski definition) is 2. The molecule has 17 heavy (non-hydrogen) atoms. The maximum absolute atomic E-state index is 11.8. The van der Waals surface area contributed by atoms with Crippen molar-refractivity contribution in [2.75, 3.05) is 0 Å². The largest absolute Gasteiger partial charge is 0.300 e. The zero-order valence-electron chi connectivity index (χ0n) is 10.2. The number of Topliss-reactive ketones (excluding diaryl/α,β-unsaturated/α-hetero) is 2. The predicted octanol–water partition coefficient (Wildman–Crippen LogP) is 2.77. The van der Waals surface area contributed by atoms with Crippen molar-refractivity contribution in [3.05, 3.63) is 24.8 Å². The normalized spacial score (nSPS) is 42.8. The average molecular weight is 253 g/mol. The van der Waals surface area contributed by atoms with Gasteiger partial charge in [0.05, 0.1) is 4.87 Å². The van der Waals surface area contributed by atoms with Gasteiger partial charge in [0, 0.05) is 23.7 Å². The van der Waals surface area contributed by atoms with Crippen LogP contribution in [0.25, 0.3) is 0 Å². The Morgan fingerprint density at radius 3 is 1.94 bits per heavy atom. The van der Waals surface area contributed by atoms with Gasteiger partial charge in [-0.3, -0.25) is 9.59 Å². The molecule has 0 heterocycles. The summed E-state index contributed by atoms with van der Waals surface area (Å²) in [5.41, 5.74) is 0. The maximum atomic E-state index is 11.8. The van der Waals surface area contributed by atoms with Crippen molar-refractivity contribution in [2.45, 2.75) is 25.1 Å². The summed E-state index contributed by atoms with van der Waals surface area (Å²) < 4.78 is 0. The molecule has 0 aromatic rings. The van der Waals surface area contributed by atoms with E-state index in [2.05, 4.69) is 6.58 Å². The highest BCUT2D eigenvalue weighted by molar-refractivity contribution is 6.26. The van der Waals surface area contributed by atoms with Crippen LogP contribution in [0.4, 0.5) is 0 Å². The molecular weight excluding hydrogens is 236 g/mol. The van der Waals surface area contributed by atoms with E-state index in [0.29, 0.717) is 6.42 Å². The number of halogens is 1. The van der Waals surface area contributed by atoms with E-state index < -0.39 is 4.87 Å². The molecule has 0 spiro atoms. The van der Waals surface area contributed by atoms with Crippen LogP contribution >= 0.6 is 11.6 Å². The SMILES string of the molecule is C=CCC1(Cl)[C@@H]2C=C[C@H]1[C@@H](C(C)=O)[C@@H]2C(C)=O. The molecule has 92 valence electrons. The lowest BCUT2D eigenvalue weighted by Gasteiger charge is -2.26. The number of carbonyl (C=O) groups is 2. The number of rotatable bonds is 4. The van der Waals surface area contributed by atoms with E-state index in [1.807, 2.05) is 12.2 Å². The van der Waals surface area contributed by atoms with Crippen LogP contribution < -0.4 is 0 Å². The van der Waals surface area contributed by atoms with Crippen LogP contribution in [0.5, 0.6) is 0 Å². The van der Waals surface area contributed by atoms with Crippen LogP contribution in [-0.2, 0) is 9.59 Å². The van der Waals surface area contributed by atoms with Gasteiger partial charge in [0.2, 0.25) is 0 Å². The molecule has 2 bridgehead atoms. The first-order valence-corrected chi connectivity index (χ1v) is 6.30. The smallest absolute Gasteiger partial charge is 0.134 e. The molecule has 1 saturated carbocycles. The molecule has 0 aromatic carbocycles. The van der Waals surface area contributed by atoms with Gasteiger partial charge in [-0.25, -0.2) is 0 Å². The molecule has 0 radical (unpaired) electrons. The minimum Gasteiger partial charge on any atom is -0.300 e. The summed E-state index contributed by atoms with van der Waals surface area (Å²) in [6.07, 6.45) is 6.42. The number of allylic oxidation sites excluding steroid dienone is 3. The molecule has 0 aliphatic heterocycles. The van der Waals surface area contributed by atoms with Gasteiger partial charge >= 0.3 is 0 Å². The molecule has 3 heteroatoms. The maximum Gasteiger partial charge on any atom is 0.134 e. The van der Waals surface area contributed by atoms with Crippen LogP contribution in [0.1, 0.15) is 20.3 Å². The number of alkyl halides is 1. The molecule has 1 unspecified atom stereocenters. The van der Waals surface area contributed by atoms with Crippen LogP contribution in [0.3, 0.4) is 0 Å². The van der Waals surface area contributed by atoms with E-state index in [4.69, 9.17) is 11.6 Å². The molecule has 2 nitrogen and oxygen atoms in total. The first-order chi connectivity index (χ1) is 7.93. The fourth-order valence-electron chi connectivity index (χ4n) is 3.57. The first kappa shape index (κ1) is 12.6. The van der Waals surface area contributed by atoms with Gasteiger partial charge in [-0.15, -0.1) is 18.2 Å². The van der Waals surface area contributed by atoms with Gasteiger partial charge < -0.3 is 0 Å². The highest BCUT2D eigenvalue weighted by Crippen LogP contribution is 2.59. The number of ketones is 2. The number of hydrogen-bond donors (Lipinski definition) is 0. The summed E-state index contributed by atoms with van der Waals surface area (Å²) in [6, 6.07) is 0. The lowest BCUT2D eigenvalue weighted by atomic mass is 9.79. The van der Waals surface area contributed by atoms with Crippen LogP contribution in [-0.4, -0.2) is 16.4 Å². The topological polar surface area (TPSA) is 34.1 Å². The Morgan fingerprint density at radius 2 is 1.65 bits per heavy atom. The zero-order chi connectivity index (χ0) is 12.8. The van der Waals surface area contributed by atoms with Crippen molar-refractivity contribution in [2.24, 2.45) is 23.7 Å². The third-order valence-electron chi connectivity index (χ3n) is 4.19. The lowest BCUT2D eigenvalue weighted by molar-refractivity contribution is -0.130. The van der Waals surface area contributed by atoms with Crippen molar-refractivity contribution in [1.82, 2.24) is 0 Å². The van der Waals surface area contributed by atoms with E-state index in [1.54, 1.807) is 19.9 Å². The highest BCUT2D eigenvalue weighted by atomic mass is 35.5. The monoisotopic (exact) mass is 252 g/mol. The standard InChI is InChI=1S/C14H17ClO2/c1-4-7-14(15)10-5-6-11(14)13(9(3)17)12(10)8(2)16/h4-6,10-13H,1,7H2,2-3H3/t10-,11+,12-,13-,14?/m1/s1. The molecule has 5 atom stereocenters. The minimum atomic E-state index is -0.519. The van der Waals surface area contributed by atoms with Crippen LogP contribution in [0, 0.1) is 23.7 Å². The Kier molecular flexibility index (Phi) is 3.03. The first-order valence-electron chi connectivity index (χ1n) is 5.92. The van der Waals surface area contributed by atoms with Crippen molar-refractivity contribution < 1.29 is 9.59 Å². The third kappa shape index (κ3) is 1.61. The molecule has 0 saturated heterocycles. The summed E-state index contributed by atoms with van der Waals surface area (Å²) in [5, 5.41) is 0. The van der Waals surface area contributed by atoms with Gasteiger partial charge in [0.1, 0.15) is 11.6 Å². The predicted molar refractivity (Wildman–Crippen MR) is 67.9 cm³/mol. The lowest BCUT2D eigenvalue weighted by Crippen LogP contribution is -2.30. The van der Waals surface area contributed by atoms with Gasteiger partial charge in [0.15, 0.2) is 0 Å². The summed E-state index contributed by atoms with van der Waals surface area (Å²) in [5.74, 6) is -0.427. The summed E-state index contributed by atoms with van der Waals surface area (Å²) in [4.78, 5) is 23.0. The van der Waals surface area contributed by atoms with Crippen molar-refractivity contribution >= 4 is 23.2 Å². The number of carbonyl (C=O) groups excluding carboxylic acids is 2. The summed E-state index contributed by atoms with van der Waals surface area (Å²) >= 11 is 6.67. The Hall–Kier alpha value is -0.890. The van der Waals surface area contributed by atoms with Gasteiger partial charge in [-0.1, -0.05) is 18.2 Å². The van der Waals surface area contributed by atoms with Crippen molar-refractivity contribution in [3.8, 4) is 0 Å². The second kappa shape index (κ2) is 4.09. The molecule has 0 N–H and O–H groups in total. The molecule has 2 aliphatic carbocycles. The third-order valence-corrected chi connectivity index (χ3v) is 4.85. The van der Waals surface area contributed by atoms with Crippen molar-refractivity contribution in [1.29, 1.82) is 0 Å². The fraction of sp³-hybridized carbons (Fsp3) is 0.571. The van der Waals surface area contributed by atoms with E-state index in [1.165, 1.54) is 0 Å². The molecule has 1 fully saturated rings. The van der Waals surface area contributed by atoms with E-state index in [9.17, 15) is 9.59 Å². The molecule has 0 aromatic heterocycles. The molecular formula is C14H17ClO2. The summed E-state index contributed by atoms with van der Waals surface area (Å²) in [7, 11) is 0. The molecule has 2 aliphatic rings. The molecule has 2 rings (SSSR count). The number of fused-ring (bicyclic) bond motifs is 2.